The molecule has 27 heavy (non-hydrogen) atoms. The maximum absolute atomic E-state index is 12.0. The number of rotatable bonds is 10. The summed E-state index contributed by atoms with van der Waals surface area (Å²) in [6, 6.07) is 1.92. The van der Waals surface area contributed by atoms with Crippen LogP contribution in [0.1, 0.15) is 57.4 Å². The molecular weight excluding hydrogens is 342 g/mol. The number of anilines is 1. The Kier molecular flexibility index (Phi) is 7.04. The van der Waals surface area contributed by atoms with Crippen molar-refractivity contribution < 1.29 is 4.74 Å². The molecule has 148 valence electrons. The molecule has 0 atom stereocenters. The lowest BCUT2D eigenvalue weighted by Gasteiger charge is -2.14. The SMILES string of the molecule is CCCCOc1nc(N)c2[nH]c(=O)cc(CCCCCN3CCCC3)c2n1. The molecule has 1 aliphatic rings. The van der Waals surface area contributed by atoms with Gasteiger partial charge in [-0.15, -0.1) is 0 Å². The van der Waals surface area contributed by atoms with Crippen molar-refractivity contribution in [3.05, 3.63) is 22.0 Å². The van der Waals surface area contributed by atoms with Crippen LogP contribution in [0.4, 0.5) is 5.82 Å². The fourth-order valence-corrected chi connectivity index (χ4v) is 3.60. The van der Waals surface area contributed by atoms with Crippen LogP contribution in [0.25, 0.3) is 11.0 Å². The third-order valence-corrected chi connectivity index (χ3v) is 5.12. The average Bonchev–Trinajstić information content (AvgIpc) is 3.16. The molecule has 0 aromatic carbocycles. The molecule has 0 saturated carbocycles. The van der Waals surface area contributed by atoms with E-state index in [-0.39, 0.29) is 17.4 Å². The Morgan fingerprint density at radius 2 is 2.00 bits per heavy atom. The van der Waals surface area contributed by atoms with E-state index >= 15 is 0 Å². The number of nitrogens with zero attached hydrogens (tertiary/aromatic N) is 3. The summed E-state index contributed by atoms with van der Waals surface area (Å²) < 4.78 is 5.62. The first-order valence-corrected chi connectivity index (χ1v) is 10.2. The summed E-state index contributed by atoms with van der Waals surface area (Å²) in [4.78, 5) is 26.0. The van der Waals surface area contributed by atoms with Crippen LogP contribution in [0.5, 0.6) is 6.01 Å². The van der Waals surface area contributed by atoms with Gasteiger partial charge in [0, 0.05) is 6.07 Å². The zero-order valence-corrected chi connectivity index (χ0v) is 16.3. The molecule has 3 N–H and O–H groups in total. The van der Waals surface area contributed by atoms with Crippen LogP contribution in [-0.4, -0.2) is 46.1 Å². The lowest BCUT2D eigenvalue weighted by Crippen LogP contribution is -2.20. The zero-order valence-electron chi connectivity index (χ0n) is 16.3. The minimum Gasteiger partial charge on any atom is -0.463 e. The van der Waals surface area contributed by atoms with E-state index in [4.69, 9.17) is 10.5 Å². The largest absolute Gasteiger partial charge is 0.463 e. The first-order chi connectivity index (χ1) is 13.2. The first-order valence-electron chi connectivity index (χ1n) is 10.2. The Labute approximate surface area is 160 Å². The van der Waals surface area contributed by atoms with E-state index in [0.29, 0.717) is 17.6 Å². The molecule has 0 unspecified atom stereocenters. The average molecular weight is 374 g/mol. The Morgan fingerprint density at radius 3 is 2.78 bits per heavy atom. The number of pyridine rings is 1. The summed E-state index contributed by atoms with van der Waals surface area (Å²) in [7, 11) is 0. The molecule has 1 saturated heterocycles. The van der Waals surface area contributed by atoms with Crippen molar-refractivity contribution in [1.29, 1.82) is 0 Å². The van der Waals surface area contributed by atoms with E-state index < -0.39 is 0 Å². The van der Waals surface area contributed by atoms with Gasteiger partial charge in [-0.05, 0) is 63.7 Å². The molecule has 1 aliphatic heterocycles. The molecule has 2 aromatic heterocycles. The van der Waals surface area contributed by atoms with E-state index in [0.717, 1.165) is 37.7 Å². The number of ether oxygens (including phenoxy) is 1. The maximum Gasteiger partial charge on any atom is 0.319 e. The second-order valence-electron chi connectivity index (χ2n) is 7.34. The molecule has 0 bridgehead atoms. The van der Waals surface area contributed by atoms with E-state index in [1.165, 1.54) is 38.9 Å². The number of hydrogen-bond acceptors (Lipinski definition) is 6. The highest BCUT2D eigenvalue weighted by Crippen LogP contribution is 2.22. The number of aryl methyl sites for hydroxylation is 1. The molecule has 7 nitrogen and oxygen atoms in total. The van der Waals surface area contributed by atoms with E-state index in [1.807, 2.05) is 0 Å². The van der Waals surface area contributed by atoms with E-state index in [2.05, 4.69) is 26.8 Å². The van der Waals surface area contributed by atoms with Crippen LogP contribution in [0.15, 0.2) is 10.9 Å². The molecule has 0 aliphatic carbocycles. The third kappa shape index (κ3) is 5.42. The van der Waals surface area contributed by atoms with Gasteiger partial charge in [-0.2, -0.15) is 9.97 Å². The summed E-state index contributed by atoms with van der Waals surface area (Å²) in [5, 5.41) is 0. The first kappa shape index (κ1) is 19.6. The third-order valence-electron chi connectivity index (χ3n) is 5.12. The summed E-state index contributed by atoms with van der Waals surface area (Å²) in [6.07, 6.45) is 8.84. The number of hydrogen-bond donors (Lipinski definition) is 2. The van der Waals surface area contributed by atoms with Gasteiger partial charge in [0.05, 0.1) is 12.1 Å². The number of likely N-dealkylation sites (tertiary alicyclic amines) is 1. The maximum atomic E-state index is 12.0. The number of H-pyrrole nitrogens is 1. The number of nitrogens with two attached hydrogens (primary N) is 1. The fourth-order valence-electron chi connectivity index (χ4n) is 3.60. The fraction of sp³-hybridized carbons (Fsp3) is 0.650. The predicted octanol–water partition coefficient (Wildman–Crippen LogP) is 2.89. The van der Waals surface area contributed by atoms with E-state index in [9.17, 15) is 4.79 Å². The van der Waals surface area contributed by atoms with Crippen molar-refractivity contribution in [1.82, 2.24) is 19.9 Å². The molecule has 1 fully saturated rings. The Morgan fingerprint density at radius 1 is 1.19 bits per heavy atom. The number of fused-ring (bicyclic) bond motifs is 1. The molecule has 0 spiro atoms. The van der Waals surface area contributed by atoms with Crippen molar-refractivity contribution in [2.24, 2.45) is 0 Å². The zero-order chi connectivity index (χ0) is 19.1. The van der Waals surface area contributed by atoms with Gasteiger partial charge < -0.3 is 20.4 Å². The Bertz CT molecular complexity index is 799. The van der Waals surface area contributed by atoms with Crippen LogP contribution in [-0.2, 0) is 6.42 Å². The van der Waals surface area contributed by atoms with Crippen LogP contribution >= 0.6 is 0 Å². The normalized spacial score (nSPS) is 14.9. The van der Waals surface area contributed by atoms with Crippen molar-refractivity contribution in [2.75, 3.05) is 32.0 Å². The molecule has 3 rings (SSSR count). The summed E-state index contributed by atoms with van der Waals surface area (Å²) in [5.74, 6) is 0.263. The molecule has 7 heteroatoms. The van der Waals surface area contributed by atoms with Crippen molar-refractivity contribution in [3.8, 4) is 6.01 Å². The lowest BCUT2D eigenvalue weighted by atomic mass is 10.1. The molecule has 2 aromatic rings. The minimum atomic E-state index is -0.162. The molecule has 0 amide bonds. The van der Waals surface area contributed by atoms with Crippen LogP contribution in [0.2, 0.25) is 0 Å². The number of nitrogen functional groups attached to an aromatic ring is 1. The quantitative estimate of drug-likeness (QED) is 0.622. The van der Waals surface area contributed by atoms with Crippen molar-refractivity contribution in [2.45, 2.75) is 58.3 Å². The summed E-state index contributed by atoms with van der Waals surface area (Å²) >= 11 is 0. The topological polar surface area (TPSA) is 97.1 Å². The Hall–Kier alpha value is -2.15. The van der Waals surface area contributed by atoms with Crippen LogP contribution in [0.3, 0.4) is 0 Å². The number of nitrogens with one attached hydrogen (secondary N) is 1. The standard InChI is InChI=1S/C20H31N5O2/c1-2-3-13-27-20-23-17-15(14-16(26)22-18(17)19(21)24-20)9-5-4-6-10-25-11-7-8-12-25/h14H,2-13H2,1H3,(H,22,26)(H2,21,23,24). The highest BCUT2D eigenvalue weighted by molar-refractivity contribution is 5.86. The van der Waals surface area contributed by atoms with Gasteiger partial charge in [-0.25, -0.2) is 0 Å². The number of aromatic amines is 1. The molecular formula is C20H31N5O2. The van der Waals surface area contributed by atoms with Gasteiger partial charge in [0.1, 0.15) is 5.52 Å². The second kappa shape index (κ2) is 9.69. The highest BCUT2D eigenvalue weighted by Gasteiger charge is 2.13. The van der Waals surface area contributed by atoms with Gasteiger partial charge in [-0.3, -0.25) is 4.79 Å². The van der Waals surface area contributed by atoms with Gasteiger partial charge in [0.15, 0.2) is 5.82 Å². The van der Waals surface area contributed by atoms with Crippen LogP contribution < -0.4 is 16.0 Å². The van der Waals surface area contributed by atoms with Crippen molar-refractivity contribution >= 4 is 16.9 Å². The highest BCUT2D eigenvalue weighted by atomic mass is 16.5. The molecule has 3 heterocycles. The Balaban J connectivity index is 1.66. The summed E-state index contributed by atoms with van der Waals surface area (Å²) in [5.41, 5.74) is 8.01. The summed E-state index contributed by atoms with van der Waals surface area (Å²) in [6.45, 7) is 6.34. The second-order valence-corrected chi connectivity index (χ2v) is 7.34. The monoisotopic (exact) mass is 373 g/mol. The van der Waals surface area contributed by atoms with Gasteiger partial charge in [-0.1, -0.05) is 19.8 Å². The van der Waals surface area contributed by atoms with Crippen molar-refractivity contribution in [3.63, 3.8) is 0 Å². The van der Waals surface area contributed by atoms with Crippen LogP contribution in [0, 0.1) is 0 Å². The lowest BCUT2D eigenvalue weighted by molar-refractivity contribution is 0.287. The van der Waals surface area contributed by atoms with Gasteiger partial charge in [0.2, 0.25) is 5.56 Å². The minimum absolute atomic E-state index is 0.162. The van der Waals surface area contributed by atoms with Gasteiger partial charge in [0.25, 0.3) is 0 Å². The smallest absolute Gasteiger partial charge is 0.319 e. The van der Waals surface area contributed by atoms with Gasteiger partial charge >= 0.3 is 6.01 Å². The number of aromatic nitrogens is 3. The molecule has 0 radical (unpaired) electrons. The predicted molar refractivity (Wildman–Crippen MR) is 108 cm³/mol. The number of unbranched alkanes of at least 4 members (excludes halogenated alkanes) is 3. The van der Waals surface area contributed by atoms with E-state index in [1.54, 1.807) is 6.07 Å².